The number of rotatable bonds is 5. The van der Waals surface area contributed by atoms with E-state index in [0.717, 1.165) is 11.4 Å². The van der Waals surface area contributed by atoms with Crippen molar-refractivity contribution < 1.29 is 4.74 Å². The van der Waals surface area contributed by atoms with Crippen LogP contribution in [0.5, 0.6) is 5.75 Å². The minimum Gasteiger partial charge on any atom is -0.497 e. The van der Waals surface area contributed by atoms with Crippen molar-refractivity contribution in [3.63, 3.8) is 0 Å². The van der Waals surface area contributed by atoms with Crippen LogP contribution in [0.4, 0.5) is 0 Å². The Morgan fingerprint density at radius 3 is 2.65 bits per heavy atom. The highest BCUT2D eigenvalue weighted by molar-refractivity contribution is 7.98. The smallest absolute Gasteiger partial charge is 0.278 e. The molecule has 0 saturated carbocycles. The number of aromatic nitrogens is 7. The molecule has 26 heavy (non-hydrogen) atoms. The average Bonchev–Trinajstić information content (AvgIpc) is 3.16. The van der Waals surface area contributed by atoms with Gasteiger partial charge in [-0.15, -0.1) is 10.2 Å². The zero-order valence-electron chi connectivity index (χ0n) is 13.7. The van der Waals surface area contributed by atoms with Crippen molar-refractivity contribution in [2.45, 2.75) is 11.0 Å². The maximum atomic E-state index is 12.5. The molecule has 0 aliphatic carbocycles. The lowest BCUT2D eigenvalue weighted by atomic mass is 10.2. The van der Waals surface area contributed by atoms with Crippen LogP contribution in [0.15, 0.2) is 58.5 Å². The number of benzene rings is 2. The van der Waals surface area contributed by atoms with Crippen LogP contribution in [0, 0.1) is 0 Å². The van der Waals surface area contributed by atoms with Crippen LogP contribution in [-0.4, -0.2) is 42.3 Å². The molecule has 0 aliphatic heterocycles. The summed E-state index contributed by atoms with van der Waals surface area (Å²) in [7, 11) is 1.61. The van der Waals surface area contributed by atoms with Crippen molar-refractivity contribution in [3.8, 4) is 11.4 Å². The van der Waals surface area contributed by atoms with E-state index >= 15 is 0 Å². The van der Waals surface area contributed by atoms with Crippen molar-refractivity contribution >= 4 is 22.7 Å². The van der Waals surface area contributed by atoms with Crippen LogP contribution >= 0.6 is 11.8 Å². The Balaban J connectivity index is 1.58. The Hall–Kier alpha value is -3.27. The summed E-state index contributed by atoms with van der Waals surface area (Å²) >= 11 is 1.29. The first-order valence-corrected chi connectivity index (χ1v) is 8.63. The van der Waals surface area contributed by atoms with Gasteiger partial charge in [-0.25, -0.2) is 0 Å². The quantitative estimate of drug-likeness (QED) is 0.490. The van der Waals surface area contributed by atoms with Crippen molar-refractivity contribution in [3.05, 3.63) is 58.9 Å². The molecule has 2 aromatic heterocycles. The highest BCUT2D eigenvalue weighted by Crippen LogP contribution is 2.21. The van der Waals surface area contributed by atoms with Gasteiger partial charge in [-0.2, -0.15) is 9.36 Å². The van der Waals surface area contributed by atoms with Crippen molar-refractivity contribution in [2.24, 2.45) is 0 Å². The summed E-state index contributed by atoms with van der Waals surface area (Å²) in [5.74, 6) is 0.988. The lowest BCUT2D eigenvalue weighted by molar-refractivity contribution is 0.414. The lowest BCUT2D eigenvalue weighted by Crippen LogP contribution is -2.23. The molecule has 2 heterocycles. The van der Waals surface area contributed by atoms with E-state index in [1.165, 1.54) is 16.4 Å². The molecule has 0 radical (unpaired) electrons. The summed E-state index contributed by atoms with van der Waals surface area (Å²) in [6, 6.07) is 14.4. The Labute approximate surface area is 151 Å². The average molecular weight is 367 g/mol. The van der Waals surface area contributed by atoms with Gasteiger partial charge in [0.1, 0.15) is 11.3 Å². The van der Waals surface area contributed by atoms with Gasteiger partial charge in [-0.3, -0.25) is 4.79 Å². The highest BCUT2D eigenvalue weighted by atomic mass is 32.2. The van der Waals surface area contributed by atoms with E-state index in [-0.39, 0.29) is 11.4 Å². The molecule has 4 aromatic rings. The second kappa shape index (κ2) is 6.92. The molecule has 0 saturated heterocycles. The number of thioether (sulfide) groups is 1. The molecule has 0 N–H and O–H groups in total. The third kappa shape index (κ3) is 3.02. The molecular weight excluding hydrogens is 354 g/mol. The van der Waals surface area contributed by atoms with Gasteiger partial charge < -0.3 is 4.74 Å². The van der Waals surface area contributed by atoms with Gasteiger partial charge in [0.25, 0.3) is 5.56 Å². The number of methoxy groups -OCH3 is 1. The van der Waals surface area contributed by atoms with Crippen LogP contribution in [0.1, 0.15) is 0 Å². The fraction of sp³-hybridized carbons (Fsp3) is 0.125. The van der Waals surface area contributed by atoms with Crippen molar-refractivity contribution in [1.82, 2.24) is 35.2 Å². The Morgan fingerprint density at radius 1 is 1.04 bits per heavy atom. The number of hydrogen-bond donors (Lipinski definition) is 0. The second-order valence-corrected chi connectivity index (χ2v) is 6.17. The van der Waals surface area contributed by atoms with E-state index in [1.54, 1.807) is 30.0 Å². The van der Waals surface area contributed by atoms with Gasteiger partial charge in [-0.1, -0.05) is 29.1 Å². The van der Waals surface area contributed by atoms with Crippen LogP contribution in [0.3, 0.4) is 0 Å². The molecule has 0 bridgehead atoms. The first kappa shape index (κ1) is 16.2. The van der Waals surface area contributed by atoms with Crippen LogP contribution in [0.25, 0.3) is 16.6 Å². The molecule has 4 rings (SSSR count). The summed E-state index contributed by atoms with van der Waals surface area (Å²) in [6.07, 6.45) is 0. The van der Waals surface area contributed by atoms with Gasteiger partial charge in [0.05, 0.1) is 24.1 Å². The van der Waals surface area contributed by atoms with Gasteiger partial charge >= 0.3 is 0 Å². The normalized spacial score (nSPS) is 11.0. The van der Waals surface area contributed by atoms with E-state index < -0.39 is 0 Å². The molecule has 0 unspecified atom stereocenters. The monoisotopic (exact) mass is 367 g/mol. The maximum Gasteiger partial charge on any atom is 0.278 e. The molecule has 0 spiro atoms. The summed E-state index contributed by atoms with van der Waals surface area (Å²) in [5.41, 5.74) is 1.16. The molecule has 130 valence electrons. The molecule has 0 atom stereocenters. The Bertz CT molecular complexity index is 1110. The maximum absolute atomic E-state index is 12.5. The van der Waals surface area contributed by atoms with E-state index in [1.807, 2.05) is 30.3 Å². The zero-order valence-corrected chi connectivity index (χ0v) is 14.5. The minimum absolute atomic E-state index is 0.202. The molecule has 0 fully saturated rings. The van der Waals surface area contributed by atoms with Gasteiger partial charge in [0.15, 0.2) is 0 Å². The van der Waals surface area contributed by atoms with Gasteiger partial charge in [0, 0.05) is 0 Å². The SMILES string of the molecule is COc1ccc(-n2nnnc2SCn2nnc3ccccc3c2=O)cc1. The van der Waals surface area contributed by atoms with E-state index in [0.29, 0.717) is 16.1 Å². The number of nitrogens with zero attached hydrogens (tertiary/aromatic N) is 7. The molecule has 2 aromatic carbocycles. The van der Waals surface area contributed by atoms with Gasteiger partial charge in [-0.05, 0) is 46.8 Å². The first-order valence-electron chi connectivity index (χ1n) is 7.64. The number of hydrogen-bond acceptors (Lipinski definition) is 8. The predicted octanol–water partition coefficient (Wildman–Crippen LogP) is 1.53. The third-order valence-corrected chi connectivity index (χ3v) is 4.59. The van der Waals surface area contributed by atoms with Crippen molar-refractivity contribution in [1.29, 1.82) is 0 Å². The van der Waals surface area contributed by atoms with Crippen LogP contribution in [0.2, 0.25) is 0 Å². The molecule has 0 aliphatic rings. The fourth-order valence-electron chi connectivity index (χ4n) is 2.38. The number of ether oxygens (including phenoxy) is 1. The molecule has 10 heteroatoms. The topological polar surface area (TPSA) is 101 Å². The predicted molar refractivity (Wildman–Crippen MR) is 95.4 cm³/mol. The zero-order chi connectivity index (χ0) is 17.9. The largest absolute Gasteiger partial charge is 0.497 e. The standard InChI is InChI=1S/C16H13N7O2S/c1-25-12-8-6-11(7-9-12)23-16(18-19-21-23)26-10-22-15(24)13-4-2-3-5-14(13)17-20-22/h2-9H,10H2,1H3. The Kier molecular flexibility index (Phi) is 4.32. The van der Waals surface area contributed by atoms with Gasteiger partial charge in [0.2, 0.25) is 5.16 Å². The molecule has 0 amide bonds. The fourth-order valence-corrected chi connectivity index (χ4v) is 3.15. The van der Waals surface area contributed by atoms with E-state index in [2.05, 4.69) is 25.8 Å². The van der Waals surface area contributed by atoms with Crippen molar-refractivity contribution in [2.75, 3.05) is 7.11 Å². The first-order chi connectivity index (χ1) is 12.8. The third-order valence-electron chi connectivity index (χ3n) is 3.70. The van der Waals surface area contributed by atoms with Crippen LogP contribution < -0.4 is 10.3 Å². The summed E-state index contributed by atoms with van der Waals surface area (Å²) in [4.78, 5) is 12.5. The second-order valence-electron chi connectivity index (χ2n) is 5.26. The Morgan fingerprint density at radius 2 is 1.85 bits per heavy atom. The molecular formula is C16H13N7O2S. The molecule has 9 nitrogen and oxygen atoms in total. The summed E-state index contributed by atoms with van der Waals surface area (Å²) in [6.45, 7) is 0. The van der Waals surface area contributed by atoms with E-state index in [4.69, 9.17) is 4.74 Å². The van der Waals surface area contributed by atoms with Crippen LogP contribution in [-0.2, 0) is 5.88 Å². The lowest BCUT2D eigenvalue weighted by Gasteiger charge is -2.06. The minimum atomic E-state index is -0.202. The summed E-state index contributed by atoms with van der Waals surface area (Å²) < 4.78 is 8.03. The number of fused-ring (bicyclic) bond motifs is 1. The summed E-state index contributed by atoms with van der Waals surface area (Å²) in [5, 5.41) is 20.8. The highest BCUT2D eigenvalue weighted by Gasteiger charge is 2.11. The van der Waals surface area contributed by atoms with E-state index in [9.17, 15) is 4.79 Å². The number of tetrazole rings is 1.